The zero-order valence-electron chi connectivity index (χ0n) is 11.9. The SMILES string of the molecule is Cc1cccc2nc(C(=O)NC(C)c3ccccn3)cn12. The molecule has 5 heteroatoms. The van der Waals surface area contributed by atoms with E-state index in [1.165, 1.54) is 0 Å². The lowest BCUT2D eigenvalue weighted by atomic mass is 10.2. The van der Waals surface area contributed by atoms with Crippen LogP contribution in [0.5, 0.6) is 0 Å². The summed E-state index contributed by atoms with van der Waals surface area (Å²) in [5.74, 6) is -0.198. The van der Waals surface area contributed by atoms with Gasteiger partial charge in [-0.25, -0.2) is 4.98 Å². The second-order valence-corrected chi connectivity index (χ2v) is 4.97. The molecule has 5 nitrogen and oxygen atoms in total. The van der Waals surface area contributed by atoms with Gasteiger partial charge >= 0.3 is 0 Å². The molecule has 0 spiro atoms. The van der Waals surface area contributed by atoms with E-state index in [-0.39, 0.29) is 11.9 Å². The van der Waals surface area contributed by atoms with Crippen LogP contribution in [0.25, 0.3) is 5.65 Å². The number of hydrogen-bond acceptors (Lipinski definition) is 3. The Bertz CT molecular complexity index is 779. The van der Waals surface area contributed by atoms with Gasteiger partial charge in [-0.15, -0.1) is 0 Å². The summed E-state index contributed by atoms with van der Waals surface area (Å²) >= 11 is 0. The third-order valence-electron chi connectivity index (χ3n) is 3.41. The Morgan fingerprint density at radius 1 is 1.24 bits per heavy atom. The molecular weight excluding hydrogens is 264 g/mol. The Labute approximate surface area is 122 Å². The topological polar surface area (TPSA) is 59.3 Å². The molecule has 3 rings (SSSR count). The van der Waals surface area contributed by atoms with Crippen molar-refractivity contribution in [1.29, 1.82) is 0 Å². The number of nitrogens with one attached hydrogen (secondary N) is 1. The quantitative estimate of drug-likeness (QED) is 0.802. The summed E-state index contributed by atoms with van der Waals surface area (Å²) in [6.07, 6.45) is 3.47. The van der Waals surface area contributed by atoms with Crippen molar-refractivity contribution in [2.75, 3.05) is 0 Å². The van der Waals surface area contributed by atoms with Crippen LogP contribution < -0.4 is 5.32 Å². The minimum Gasteiger partial charge on any atom is -0.343 e. The van der Waals surface area contributed by atoms with Crippen molar-refractivity contribution < 1.29 is 4.79 Å². The number of hydrogen-bond donors (Lipinski definition) is 1. The number of carbonyl (C=O) groups excluding carboxylic acids is 1. The molecular formula is C16H16N4O. The van der Waals surface area contributed by atoms with Crippen molar-refractivity contribution in [3.05, 3.63) is 65.9 Å². The Balaban J connectivity index is 1.82. The highest BCUT2D eigenvalue weighted by atomic mass is 16.2. The van der Waals surface area contributed by atoms with E-state index in [2.05, 4.69) is 15.3 Å². The van der Waals surface area contributed by atoms with Crippen molar-refractivity contribution in [2.45, 2.75) is 19.9 Å². The van der Waals surface area contributed by atoms with Crippen molar-refractivity contribution in [3.63, 3.8) is 0 Å². The van der Waals surface area contributed by atoms with E-state index in [1.807, 2.05) is 54.6 Å². The molecule has 1 amide bonds. The van der Waals surface area contributed by atoms with E-state index in [0.29, 0.717) is 5.69 Å². The van der Waals surface area contributed by atoms with Crippen LogP contribution in [0.15, 0.2) is 48.8 Å². The van der Waals surface area contributed by atoms with Gasteiger partial charge in [0.15, 0.2) is 0 Å². The number of fused-ring (bicyclic) bond motifs is 1. The highest BCUT2D eigenvalue weighted by molar-refractivity contribution is 5.93. The summed E-state index contributed by atoms with van der Waals surface area (Å²) < 4.78 is 1.90. The minimum atomic E-state index is -0.198. The van der Waals surface area contributed by atoms with E-state index in [1.54, 1.807) is 12.4 Å². The molecule has 1 N–H and O–H groups in total. The third kappa shape index (κ3) is 2.63. The van der Waals surface area contributed by atoms with Crippen LogP contribution in [0.1, 0.15) is 34.8 Å². The largest absolute Gasteiger partial charge is 0.343 e. The molecule has 3 heterocycles. The Kier molecular flexibility index (Phi) is 3.39. The average molecular weight is 280 g/mol. The lowest BCUT2D eigenvalue weighted by Crippen LogP contribution is -2.27. The van der Waals surface area contributed by atoms with Crippen molar-refractivity contribution >= 4 is 11.6 Å². The zero-order chi connectivity index (χ0) is 14.8. The summed E-state index contributed by atoms with van der Waals surface area (Å²) in [4.78, 5) is 20.9. The fraction of sp³-hybridized carbons (Fsp3) is 0.188. The molecule has 1 atom stereocenters. The molecule has 0 aromatic carbocycles. The molecule has 0 aliphatic carbocycles. The number of amides is 1. The highest BCUT2D eigenvalue weighted by Crippen LogP contribution is 2.11. The first-order chi connectivity index (χ1) is 10.1. The lowest BCUT2D eigenvalue weighted by Gasteiger charge is -2.11. The average Bonchev–Trinajstić information content (AvgIpc) is 2.94. The van der Waals surface area contributed by atoms with Crippen LogP contribution in [-0.4, -0.2) is 20.3 Å². The van der Waals surface area contributed by atoms with Crippen LogP contribution in [0, 0.1) is 6.92 Å². The van der Waals surface area contributed by atoms with E-state index in [9.17, 15) is 4.79 Å². The predicted octanol–water partition coefficient (Wildman–Crippen LogP) is 2.53. The number of imidazole rings is 1. The smallest absolute Gasteiger partial charge is 0.272 e. The van der Waals surface area contributed by atoms with Crippen molar-refractivity contribution in [3.8, 4) is 0 Å². The molecule has 0 radical (unpaired) electrons. The lowest BCUT2D eigenvalue weighted by molar-refractivity contribution is 0.0934. The summed E-state index contributed by atoms with van der Waals surface area (Å²) in [5.41, 5.74) is 3.04. The van der Waals surface area contributed by atoms with Gasteiger partial charge in [0, 0.05) is 18.1 Å². The molecule has 3 aromatic heterocycles. The van der Waals surface area contributed by atoms with Gasteiger partial charge in [0.1, 0.15) is 11.3 Å². The third-order valence-corrected chi connectivity index (χ3v) is 3.41. The van der Waals surface area contributed by atoms with Gasteiger partial charge in [-0.3, -0.25) is 9.78 Å². The minimum absolute atomic E-state index is 0.162. The number of rotatable bonds is 3. The van der Waals surface area contributed by atoms with Gasteiger partial charge in [-0.2, -0.15) is 0 Å². The summed E-state index contributed by atoms with van der Waals surface area (Å²) in [6.45, 7) is 3.88. The van der Waals surface area contributed by atoms with E-state index < -0.39 is 0 Å². The number of nitrogens with zero attached hydrogens (tertiary/aromatic N) is 3. The fourth-order valence-corrected chi connectivity index (χ4v) is 2.23. The zero-order valence-corrected chi connectivity index (χ0v) is 11.9. The molecule has 0 fully saturated rings. The van der Waals surface area contributed by atoms with E-state index in [0.717, 1.165) is 17.0 Å². The molecule has 0 aliphatic heterocycles. The number of aryl methyl sites for hydroxylation is 1. The number of carbonyl (C=O) groups is 1. The van der Waals surface area contributed by atoms with Gasteiger partial charge in [-0.1, -0.05) is 12.1 Å². The van der Waals surface area contributed by atoms with Crippen LogP contribution in [0.4, 0.5) is 0 Å². The number of aromatic nitrogens is 3. The molecule has 0 bridgehead atoms. The van der Waals surface area contributed by atoms with Crippen LogP contribution in [0.2, 0.25) is 0 Å². The van der Waals surface area contributed by atoms with Crippen molar-refractivity contribution in [1.82, 2.24) is 19.7 Å². The Morgan fingerprint density at radius 2 is 2.10 bits per heavy atom. The Hall–Kier alpha value is -2.69. The fourth-order valence-electron chi connectivity index (χ4n) is 2.23. The normalized spacial score (nSPS) is 12.3. The van der Waals surface area contributed by atoms with Gasteiger partial charge in [0.25, 0.3) is 5.91 Å². The molecule has 0 aliphatic rings. The molecule has 1 unspecified atom stereocenters. The van der Waals surface area contributed by atoms with E-state index >= 15 is 0 Å². The highest BCUT2D eigenvalue weighted by Gasteiger charge is 2.15. The van der Waals surface area contributed by atoms with Gasteiger partial charge in [-0.05, 0) is 38.1 Å². The maximum absolute atomic E-state index is 12.3. The molecule has 0 saturated heterocycles. The van der Waals surface area contributed by atoms with E-state index in [4.69, 9.17) is 0 Å². The first kappa shape index (κ1) is 13.3. The standard InChI is InChI=1S/C16H16N4O/c1-11-6-5-8-15-19-14(10-20(11)15)16(21)18-12(2)13-7-3-4-9-17-13/h3-10,12H,1-2H3,(H,18,21). The predicted molar refractivity (Wildman–Crippen MR) is 80.0 cm³/mol. The first-order valence-corrected chi connectivity index (χ1v) is 6.81. The maximum atomic E-state index is 12.3. The summed E-state index contributed by atoms with van der Waals surface area (Å²) in [7, 11) is 0. The first-order valence-electron chi connectivity index (χ1n) is 6.81. The maximum Gasteiger partial charge on any atom is 0.272 e. The summed E-state index contributed by atoms with van der Waals surface area (Å²) in [5, 5.41) is 2.92. The molecule has 21 heavy (non-hydrogen) atoms. The van der Waals surface area contributed by atoms with Gasteiger partial charge in [0.05, 0.1) is 11.7 Å². The second-order valence-electron chi connectivity index (χ2n) is 4.97. The van der Waals surface area contributed by atoms with Crippen LogP contribution in [0.3, 0.4) is 0 Å². The van der Waals surface area contributed by atoms with Crippen LogP contribution in [-0.2, 0) is 0 Å². The monoisotopic (exact) mass is 280 g/mol. The van der Waals surface area contributed by atoms with Gasteiger partial charge in [0.2, 0.25) is 0 Å². The number of pyridine rings is 2. The second kappa shape index (κ2) is 5.36. The molecule has 3 aromatic rings. The molecule has 106 valence electrons. The van der Waals surface area contributed by atoms with Gasteiger partial charge < -0.3 is 9.72 Å². The Morgan fingerprint density at radius 3 is 2.81 bits per heavy atom. The van der Waals surface area contributed by atoms with Crippen LogP contribution >= 0.6 is 0 Å². The molecule has 0 saturated carbocycles. The van der Waals surface area contributed by atoms with Crippen molar-refractivity contribution in [2.24, 2.45) is 0 Å². The summed E-state index contributed by atoms with van der Waals surface area (Å²) in [6, 6.07) is 11.3.